The van der Waals surface area contributed by atoms with Crippen molar-refractivity contribution in [3.63, 3.8) is 0 Å². The number of pyridine rings is 1. The topological polar surface area (TPSA) is 118 Å². The summed E-state index contributed by atoms with van der Waals surface area (Å²) < 4.78 is 5.23. The molecule has 21 heavy (non-hydrogen) atoms. The highest BCUT2D eigenvalue weighted by Crippen LogP contribution is 2.18. The van der Waals surface area contributed by atoms with Crippen LogP contribution in [0.15, 0.2) is 12.3 Å². The molecule has 9 nitrogen and oxygen atoms in total. The third kappa shape index (κ3) is 4.10. The summed E-state index contributed by atoms with van der Waals surface area (Å²) in [6, 6.07) is 1.01. The van der Waals surface area contributed by atoms with Crippen LogP contribution in [0.1, 0.15) is 10.4 Å². The van der Waals surface area contributed by atoms with Crippen LogP contribution < -0.4 is 5.32 Å². The number of rotatable bonds is 6. The Morgan fingerprint density at radius 2 is 2.24 bits per heavy atom. The molecule has 1 fully saturated rings. The average Bonchev–Trinajstić information content (AvgIpc) is 2.48. The van der Waals surface area contributed by atoms with Crippen LogP contribution in [0.3, 0.4) is 0 Å². The largest absolute Gasteiger partial charge is 0.478 e. The van der Waals surface area contributed by atoms with Gasteiger partial charge in [0.05, 0.1) is 18.1 Å². The van der Waals surface area contributed by atoms with E-state index in [0.717, 1.165) is 31.9 Å². The molecule has 1 aromatic rings. The summed E-state index contributed by atoms with van der Waals surface area (Å²) >= 11 is 0. The van der Waals surface area contributed by atoms with E-state index in [-0.39, 0.29) is 17.1 Å². The number of carboxylic acid groups (broad SMARTS) is 1. The maximum atomic E-state index is 11.1. The van der Waals surface area contributed by atoms with Gasteiger partial charge in [-0.1, -0.05) is 0 Å². The van der Waals surface area contributed by atoms with Gasteiger partial charge in [-0.2, -0.15) is 0 Å². The summed E-state index contributed by atoms with van der Waals surface area (Å²) in [5.74, 6) is -1.11. The summed E-state index contributed by atoms with van der Waals surface area (Å²) in [5.41, 5.74) is -0.544. The van der Waals surface area contributed by atoms with Crippen molar-refractivity contribution in [2.45, 2.75) is 0 Å². The summed E-state index contributed by atoms with van der Waals surface area (Å²) in [6.45, 7) is 4.28. The Morgan fingerprint density at radius 1 is 1.52 bits per heavy atom. The van der Waals surface area contributed by atoms with E-state index < -0.39 is 10.9 Å². The molecule has 2 heterocycles. The highest BCUT2D eigenvalue weighted by molar-refractivity contribution is 5.93. The number of aromatic nitrogens is 1. The SMILES string of the molecule is O=C(O)c1cc([N+](=O)[O-])cnc1NCCN1CCOCC1. The lowest BCUT2D eigenvalue weighted by atomic mass is 10.2. The summed E-state index contributed by atoms with van der Waals surface area (Å²) in [5, 5.41) is 22.6. The number of anilines is 1. The van der Waals surface area contributed by atoms with Gasteiger partial charge in [-0.25, -0.2) is 9.78 Å². The van der Waals surface area contributed by atoms with Gasteiger partial charge in [-0.05, 0) is 0 Å². The van der Waals surface area contributed by atoms with Crippen LogP contribution in [0.5, 0.6) is 0 Å². The number of nitro groups is 1. The first kappa shape index (κ1) is 15.1. The smallest absolute Gasteiger partial charge is 0.339 e. The third-order valence-corrected chi connectivity index (χ3v) is 3.14. The molecule has 1 saturated heterocycles. The zero-order valence-corrected chi connectivity index (χ0v) is 11.3. The first-order chi connectivity index (χ1) is 10.1. The van der Waals surface area contributed by atoms with Gasteiger partial charge in [0.25, 0.3) is 5.69 Å². The van der Waals surface area contributed by atoms with Crippen LogP contribution >= 0.6 is 0 Å². The monoisotopic (exact) mass is 296 g/mol. The van der Waals surface area contributed by atoms with Crippen molar-refractivity contribution >= 4 is 17.5 Å². The number of morpholine rings is 1. The minimum absolute atomic E-state index is 0.140. The Kier molecular flexibility index (Phi) is 5.01. The Hall–Kier alpha value is -2.26. The van der Waals surface area contributed by atoms with E-state index >= 15 is 0 Å². The minimum atomic E-state index is -1.25. The molecule has 1 aromatic heterocycles. The lowest BCUT2D eigenvalue weighted by Gasteiger charge is -2.26. The number of ether oxygens (including phenoxy) is 1. The van der Waals surface area contributed by atoms with Crippen molar-refractivity contribution in [1.82, 2.24) is 9.88 Å². The molecule has 114 valence electrons. The highest BCUT2D eigenvalue weighted by atomic mass is 16.6. The molecule has 0 spiro atoms. The minimum Gasteiger partial charge on any atom is -0.478 e. The Labute approximate surface area is 120 Å². The van der Waals surface area contributed by atoms with Crippen LogP contribution in [0.4, 0.5) is 11.5 Å². The number of nitrogens with one attached hydrogen (secondary N) is 1. The second-order valence-electron chi connectivity index (χ2n) is 4.53. The van der Waals surface area contributed by atoms with Crippen molar-refractivity contribution in [3.05, 3.63) is 27.9 Å². The van der Waals surface area contributed by atoms with Crippen molar-refractivity contribution < 1.29 is 19.6 Å². The molecule has 0 saturated carbocycles. The number of hydrogen-bond donors (Lipinski definition) is 2. The second kappa shape index (κ2) is 6.95. The van der Waals surface area contributed by atoms with Crippen molar-refractivity contribution in [3.8, 4) is 0 Å². The quantitative estimate of drug-likeness (QED) is 0.573. The molecule has 0 aromatic carbocycles. The Morgan fingerprint density at radius 3 is 2.86 bits per heavy atom. The standard InChI is InChI=1S/C12H16N4O5/c17-12(18)10-7-9(16(19)20)8-14-11(10)13-1-2-15-3-5-21-6-4-15/h7-8H,1-6H2,(H,13,14)(H,17,18). The number of hydrogen-bond acceptors (Lipinski definition) is 7. The fourth-order valence-corrected chi connectivity index (χ4v) is 2.01. The maximum Gasteiger partial charge on any atom is 0.339 e. The Bertz CT molecular complexity index is 530. The Balaban J connectivity index is 1.98. The van der Waals surface area contributed by atoms with E-state index in [0.29, 0.717) is 19.8 Å². The van der Waals surface area contributed by atoms with Gasteiger partial charge >= 0.3 is 5.97 Å². The summed E-state index contributed by atoms with van der Waals surface area (Å²) in [7, 11) is 0. The predicted octanol–water partition coefficient (Wildman–Crippen LogP) is 0.432. The molecule has 1 aliphatic heterocycles. The molecule has 0 aliphatic carbocycles. The number of nitrogens with zero attached hydrogens (tertiary/aromatic N) is 3. The molecular weight excluding hydrogens is 280 g/mol. The summed E-state index contributed by atoms with van der Waals surface area (Å²) in [4.78, 5) is 27.1. The van der Waals surface area contributed by atoms with Crippen LogP contribution in [0.2, 0.25) is 0 Å². The first-order valence-corrected chi connectivity index (χ1v) is 6.49. The molecule has 2 N–H and O–H groups in total. The van der Waals surface area contributed by atoms with E-state index in [1.165, 1.54) is 0 Å². The maximum absolute atomic E-state index is 11.1. The van der Waals surface area contributed by atoms with Gasteiger partial charge in [0.1, 0.15) is 17.6 Å². The molecule has 0 bridgehead atoms. The van der Waals surface area contributed by atoms with Crippen LogP contribution in [0.25, 0.3) is 0 Å². The fraction of sp³-hybridized carbons (Fsp3) is 0.500. The van der Waals surface area contributed by atoms with E-state index in [2.05, 4.69) is 15.2 Å². The third-order valence-electron chi connectivity index (χ3n) is 3.14. The molecule has 0 amide bonds. The summed E-state index contributed by atoms with van der Waals surface area (Å²) in [6.07, 6.45) is 1.05. The number of aromatic carboxylic acids is 1. The van der Waals surface area contributed by atoms with Gasteiger partial charge in [0.2, 0.25) is 0 Å². The molecule has 0 unspecified atom stereocenters. The van der Waals surface area contributed by atoms with Gasteiger partial charge in [-0.3, -0.25) is 15.0 Å². The lowest BCUT2D eigenvalue weighted by Crippen LogP contribution is -2.39. The van der Waals surface area contributed by atoms with Gasteiger partial charge < -0.3 is 15.2 Å². The van der Waals surface area contributed by atoms with E-state index in [1.807, 2.05) is 0 Å². The van der Waals surface area contributed by atoms with Crippen molar-refractivity contribution in [1.29, 1.82) is 0 Å². The van der Waals surface area contributed by atoms with Gasteiger partial charge in [-0.15, -0.1) is 0 Å². The molecule has 9 heteroatoms. The number of carbonyl (C=O) groups is 1. The van der Waals surface area contributed by atoms with E-state index in [9.17, 15) is 14.9 Å². The predicted molar refractivity (Wildman–Crippen MR) is 73.6 cm³/mol. The molecule has 0 atom stereocenters. The van der Waals surface area contributed by atoms with Crippen LogP contribution in [0, 0.1) is 10.1 Å². The first-order valence-electron chi connectivity index (χ1n) is 6.49. The van der Waals surface area contributed by atoms with Crippen LogP contribution in [-0.4, -0.2) is 65.3 Å². The van der Waals surface area contributed by atoms with E-state index in [1.54, 1.807) is 0 Å². The van der Waals surface area contributed by atoms with Gasteiger partial charge in [0.15, 0.2) is 0 Å². The fourth-order valence-electron chi connectivity index (χ4n) is 2.01. The lowest BCUT2D eigenvalue weighted by molar-refractivity contribution is -0.385. The zero-order valence-electron chi connectivity index (χ0n) is 11.3. The van der Waals surface area contributed by atoms with E-state index in [4.69, 9.17) is 9.84 Å². The number of carboxylic acids is 1. The second-order valence-corrected chi connectivity index (χ2v) is 4.53. The molecule has 2 rings (SSSR count). The molecule has 1 aliphatic rings. The normalized spacial score (nSPS) is 15.6. The molecular formula is C12H16N4O5. The average molecular weight is 296 g/mol. The van der Waals surface area contributed by atoms with Crippen molar-refractivity contribution in [2.24, 2.45) is 0 Å². The van der Waals surface area contributed by atoms with Gasteiger partial charge in [0, 0.05) is 32.2 Å². The zero-order chi connectivity index (χ0) is 15.2. The molecule has 0 radical (unpaired) electrons. The van der Waals surface area contributed by atoms with Crippen LogP contribution in [-0.2, 0) is 4.74 Å². The highest BCUT2D eigenvalue weighted by Gasteiger charge is 2.17. The van der Waals surface area contributed by atoms with Crippen molar-refractivity contribution in [2.75, 3.05) is 44.7 Å².